The SMILES string of the molecule is CC1(C)C2CCCCC2C2CCC(C3CC4C(CC(C5CC6CCCCC6C6C7CCCCC7CCC56)C5CCCCC45)C4CCCCC34)CC21. The van der Waals surface area contributed by atoms with Gasteiger partial charge in [0.05, 0.1) is 0 Å². The summed E-state index contributed by atoms with van der Waals surface area (Å²) in [5, 5.41) is 0. The fourth-order valence-corrected chi connectivity index (χ4v) is 20.9. The first-order valence-corrected chi connectivity index (χ1v) is 25.1. The Bertz CT molecular complexity index is 1220. The highest BCUT2D eigenvalue weighted by molar-refractivity contribution is 5.10. The lowest BCUT2D eigenvalue weighted by atomic mass is 9.41. The van der Waals surface area contributed by atoms with Crippen LogP contribution < -0.4 is 0 Å². The van der Waals surface area contributed by atoms with Gasteiger partial charge in [-0.3, -0.25) is 0 Å². The Balaban J connectivity index is 0.888. The predicted molar refractivity (Wildman–Crippen MR) is 213 cm³/mol. The number of rotatable bonds is 2. The maximum absolute atomic E-state index is 2.78. The van der Waals surface area contributed by atoms with Crippen molar-refractivity contribution in [3.05, 3.63) is 0 Å². The first kappa shape index (κ1) is 34.3. The van der Waals surface area contributed by atoms with Gasteiger partial charge in [-0.1, -0.05) is 90.9 Å². The van der Waals surface area contributed by atoms with E-state index >= 15 is 0 Å². The van der Waals surface area contributed by atoms with Gasteiger partial charge in [0.15, 0.2) is 0 Å². The molecule has 20 atom stereocenters. The summed E-state index contributed by atoms with van der Waals surface area (Å²) in [5.41, 5.74) is 0.621. The summed E-state index contributed by atoms with van der Waals surface area (Å²) in [6.45, 7) is 5.56. The molecule has 11 aliphatic rings. The smallest absolute Gasteiger partial charge is 0.0292 e. The molecule has 0 radical (unpaired) electrons. The van der Waals surface area contributed by atoms with Gasteiger partial charge < -0.3 is 0 Å². The molecule has 0 aromatic rings. The van der Waals surface area contributed by atoms with Crippen molar-refractivity contribution in [3.63, 3.8) is 0 Å². The van der Waals surface area contributed by atoms with Crippen LogP contribution in [0.15, 0.2) is 0 Å². The average molecular weight is 695 g/mol. The lowest BCUT2D eigenvalue weighted by Gasteiger charge is -2.64. The molecule has 0 amide bonds. The lowest BCUT2D eigenvalue weighted by Crippen LogP contribution is -2.57. The van der Waals surface area contributed by atoms with E-state index in [-0.39, 0.29) is 0 Å². The van der Waals surface area contributed by atoms with Crippen LogP contribution in [0.25, 0.3) is 0 Å². The van der Waals surface area contributed by atoms with Gasteiger partial charge >= 0.3 is 0 Å². The largest absolute Gasteiger partial charge is 0.0594 e. The van der Waals surface area contributed by atoms with Crippen molar-refractivity contribution in [2.45, 2.75) is 194 Å². The third kappa shape index (κ3) is 5.48. The molecule has 11 saturated carbocycles. The molecular weight excluding hydrogens is 613 g/mol. The van der Waals surface area contributed by atoms with Crippen molar-refractivity contribution in [2.24, 2.45) is 124 Å². The van der Waals surface area contributed by atoms with Crippen LogP contribution in [0.3, 0.4) is 0 Å². The van der Waals surface area contributed by atoms with E-state index < -0.39 is 0 Å². The highest BCUT2D eigenvalue weighted by Crippen LogP contribution is 2.69. The van der Waals surface area contributed by atoms with Crippen molar-refractivity contribution in [3.8, 4) is 0 Å². The maximum atomic E-state index is 2.78. The fraction of sp³-hybridized carbons (Fsp3) is 1.00. The third-order valence-corrected chi connectivity index (χ3v) is 22.4. The molecular formula is C51H82. The molecule has 11 fully saturated rings. The van der Waals surface area contributed by atoms with E-state index in [9.17, 15) is 0 Å². The topological polar surface area (TPSA) is 0 Å². The molecule has 0 heterocycles. The summed E-state index contributed by atoms with van der Waals surface area (Å²) in [6.07, 6.45) is 45.3. The number of fused-ring (bicyclic) bond motifs is 13. The third-order valence-electron chi connectivity index (χ3n) is 22.4. The van der Waals surface area contributed by atoms with Gasteiger partial charge in [-0.2, -0.15) is 0 Å². The Kier molecular flexibility index (Phi) is 9.13. The van der Waals surface area contributed by atoms with Crippen LogP contribution in [0.2, 0.25) is 0 Å². The number of hydrogen-bond acceptors (Lipinski definition) is 0. The minimum Gasteiger partial charge on any atom is -0.0594 e. The normalized spacial score (nSPS) is 57.5. The van der Waals surface area contributed by atoms with Crippen LogP contribution in [0.4, 0.5) is 0 Å². The zero-order chi connectivity index (χ0) is 33.8. The first-order valence-electron chi connectivity index (χ1n) is 25.1. The van der Waals surface area contributed by atoms with Crippen molar-refractivity contribution in [1.29, 1.82) is 0 Å². The van der Waals surface area contributed by atoms with Crippen LogP contribution >= 0.6 is 0 Å². The molecule has 11 aliphatic carbocycles. The van der Waals surface area contributed by atoms with Crippen LogP contribution in [0.1, 0.15) is 194 Å². The molecule has 20 unspecified atom stereocenters. The van der Waals surface area contributed by atoms with Crippen molar-refractivity contribution < 1.29 is 0 Å². The molecule has 0 spiro atoms. The number of hydrogen-bond donors (Lipinski definition) is 0. The quantitative estimate of drug-likeness (QED) is 0.270. The second-order valence-electron chi connectivity index (χ2n) is 23.7. The summed E-state index contributed by atoms with van der Waals surface area (Å²) < 4.78 is 0. The minimum atomic E-state index is 0.621. The summed E-state index contributed by atoms with van der Waals surface area (Å²) in [6, 6.07) is 0. The minimum absolute atomic E-state index is 0.621. The predicted octanol–water partition coefficient (Wildman–Crippen LogP) is 14.4. The van der Waals surface area contributed by atoms with Gasteiger partial charge in [-0.25, -0.2) is 0 Å². The average Bonchev–Trinajstić information content (AvgIpc) is 3.42. The van der Waals surface area contributed by atoms with Crippen molar-refractivity contribution in [2.75, 3.05) is 0 Å². The Hall–Kier alpha value is 0. The summed E-state index contributed by atoms with van der Waals surface area (Å²) in [5.74, 6) is 22.4. The molecule has 11 rings (SSSR count). The summed E-state index contributed by atoms with van der Waals surface area (Å²) >= 11 is 0. The van der Waals surface area contributed by atoms with Crippen LogP contribution in [-0.2, 0) is 0 Å². The molecule has 0 aliphatic heterocycles. The molecule has 0 heteroatoms. The second kappa shape index (κ2) is 13.6. The van der Waals surface area contributed by atoms with Crippen molar-refractivity contribution in [1.82, 2.24) is 0 Å². The van der Waals surface area contributed by atoms with Crippen LogP contribution in [0, 0.1) is 124 Å². The van der Waals surface area contributed by atoms with Gasteiger partial charge in [-0.05, 0) is 227 Å². The zero-order valence-corrected chi connectivity index (χ0v) is 33.8. The van der Waals surface area contributed by atoms with Gasteiger partial charge in [-0.15, -0.1) is 0 Å². The van der Waals surface area contributed by atoms with Gasteiger partial charge in [0.1, 0.15) is 0 Å². The van der Waals surface area contributed by atoms with E-state index in [1.807, 2.05) is 0 Å². The van der Waals surface area contributed by atoms with E-state index in [2.05, 4.69) is 13.8 Å². The van der Waals surface area contributed by atoms with Crippen molar-refractivity contribution >= 4 is 0 Å². The first-order chi connectivity index (χ1) is 25.1. The summed E-state index contributed by atoms with van der Waals surface area (Å²) in [7, 11) is 0. The van der Waals surface area contributed by atoms with E-state index in [0.29, 0.717) is 5.41 Å². The zero-order valence-electron chi connectivity index (χ0n) is 33.8. The molecule has 0 aromatic carbocycles. The molecule has 286 valence electrons. The Morgan fingerprint density at radius 2 is 0.667 bits per heavy atom. The Morgan fingerprint density at radius 1 is 0.255 bits per heavy atom. The van der Waals surface area contributed by atoms with Crippen LogP contribution in [0.5, 0.6) is 0 Å². The molecule has 0 N–H and O–H groups in total. The Labute approximate surface area is 316 Å². The lowest BCUT2D eigenvalue weighted by molar-refractivity contribution is -0.151. The van der Waals surface area contributed by atoms with Crippen LogP contribution in [-0.4, -0.2) is 0 Å². The fourth-order valence-electron chi connectivity index (χ4n) is 20.9. The highest BCUT2D eigenvalue weighted by atomic mass is 14.7. The molecule has 51 heavy (non-hydrogen) atoms. The van der Waals surface area contributed by atoms with E-state index in [0.717, 1.165) is 118 Å². The molecule has 0 nitrogen and oxygen atoms in total. The maximum Gasteiger partial charge on any atom is -0.0292 e. The standard InChI is InChI=1S/C51H82/c1-51(2)48-22-12-11-21-40(48)41-25-24-33(28-49(41)51)43-29-45-38-19-9-10-20-39(38)46(30-47(45)37-18-8-7-17-36(37)43)44-27-32-14-4-6-16-35(32)50-34-15-5-3-13-31(34)23-26-42(44)50/h31-50H,3-30H2,1-2H3. The highest BCUT2D eigenvalue weighted by Gasteiger charge is 2.61. The molecule has 0 aromatic heterocycles. The second-order valence-corrected chi connectivity index (χ2v) is 23.7. The van der Waals surface area contributed by atoms with Gasteiger partial charge in [0, 0.05) is 0 Å². The van der Waals surface area contributed by atoms with Gasteiger partial charge in [0.2, 0.25) is 0 Å². The van der Waals surface area contributed by atoms with E-state index in [1.54, 1.807) is 173 Å². The van der Waals surface area contributed by atoms with Gasteiger partial charge in [0.25, 0.3) is 0 Å². The summed E-state index contributed by atoms with van der Waals surface area (Å²) in [4.78, 5) is 0. The monoisotopic (exact) mass is 695 g/mol. The van der Waals surface area contributed by atoms with E-state index in [1.165, 1.54) is 6.42 Å². The van der Waals surface area contributed by atoms with E-state index in [4.69, 9.17) is 0 Å². The molecule has 0 saturated heterocycles. The Morgan fingerprint density at radius 3 is 1.33 bits per heavy atom. The molecule has 0 bridgehead atoms.